The van der Waals surface area contributed by atoms with Crippen molar-refractivity contribution in [2.24, 2.45) is 0 Å². The van der Waals surface area contributed by atoms with E-state index in [2.05, 4.69) is 9.97 Å². The summed E-state index contributed by atoms with van der Waals surface area (Å²) in [5.41, 5.74) is -0.0167. The topological polar surface area (TPSA) is 89.5 Å². The Labute approximate surface area is 137 Å². The van der Waals surface area contributed by atoms with Crippen LogP contribution in [0, 0.1) is 6.92 Å². The Morgan fingerprint density at radius 2 is 2.13 bits per heavy atom. The Morgan fingerprint density at radius 3 is 2.74 bits per heavy atom. The predicted octanol–water partition coefficient (Wildman–Crippen LogP) is 1.96. The van der Waals surface area contributed by atoms with Crippen LogP contribution in [-0.4, -0.2) is 53.3 Å². The van der Waals surface area contributed by atoms with E-state index in [0.29, 0.717) is 18.7 Å². The highest BCUT2D eigenvalue weighted by molar-refractivity contribution is 7.91. The SMILES string of the molecule is Cc1ccnc(S(=O)(=O)C[C@H]2CCCN2C(=O)OC(C)(C)C)n1. The molecular weight excluding hydrogens is 318 g/mol. The molecule has 1 aliphatic heterocycles. The van der Waals surface area contributed by atoms with Gasteiger partial charge in [-0.05, 0) is 46.6 Å². The molecule has 1 aliphatic rings. The van der Waals surface area contributed by atoms with Crippen LogP contribution in [-0.2, 0) is 14.6 Å². The second-order valence-electron chi connectivity index (χ2n) is 6.73. The van der Waals surface area contributed by atoms with Crippen LogP contribution >= 0.6 is 0 Å². The molecule has 0 bridgehead atoms. The van der Waals surface area contributed by atoms with Crippen molar-refractivity contribution in [3.8, 4) is 0 Å². The third kappa shape index (κ3) is 4.63. The molecule has 0 spiro atoms. The van der Waals surface area contributed by atoms with E-state index >= 15 is 0 Å². The van der Waals surface area contributed by atoms with Crippen molar-refractivity contribution in [2.75, 3.05) is 12.3 Å². The monoisotopic (exact) mass is 341 g/mol. The van der Waals surface area contributed by atoms with Crippen molar-refractivity contribution in [2.45, 2.75) is 57.3 Å². The van der Waals surface area contributed by atoms with E-state index in [1.165, 1.54) is 11.1 Å². The minimum absolute atomic E-state index is 0.185. The van der Waals surface area contributed by atoms with E-state index < -0.39 is 27.6 Å². The molecule has 128 valence electrons. The van der Waals surface area contributed by atoms with Crippen molar-refractivity contribution in [3.63, 3.8) is 0 Å². The molecule has 1 fully saturated rings. The fraction of sp³-hybridized carbons (Fsp3) is 0.667. The molecule has 1 amide bonds. The summed E-state index contributed by atoms with van der Waals surface area (Å²) in [4.78, 5) is 21.6. The van der Waals surface area contributed by atoms with E-state index in [4.69, 9.17) is 4.74 Å². The highest BCUT2D eigenvalue weighted by Crippen LogP contribution is 2.23. The van der Waals surface area contributed by atoms with Crippen LogP contribution in [0.4, 0.5) is 4.79 Å². The van der Waals surface area contributed by atoms with Gasteiger partial charge in [0.25, 0.3) is 0 Å². The third-order valence-corrected chi connectivity index (χ3v) is 5.04. The molecule has 0 aromatic carbocycles. The third-order valence-electron chi connectivity index (χ3n) is 3.47. The van der Waals surface area contributed by atoms with Gasteiger partial charge >= 0.3 is 6.09 Å². The number of carbonyl (C=O) groups excluding carboxylic acids is 1. The quantitative estimate of drug-likeness (QED) is 0.781. The first-order valence-electron chi connectivity index (χ1n) is 7.60. The molecule has 1 aromatic rings. The van der Waals surface area contributed by atoms with E-state index in [-0.39, 0.29) is 10.9 Å². The highest BCUT2D eigenvalue weighted by atomic mass is 32.2. The van der Waals surface area contributed by atoms with E-state index in [0.717, 1.165) is 6.42 Å². The molecule has 23 heavy (non-hydrogen) atoms. The van der Waals surface area contributed by atoms with Gasteiger partial charge in [-0.15, -0.1) is 0 Å². The molecular formula is C15H23N3O4S. The smallest absolute Gasteiger partial charge is 0.410 e. The number of likely N-dealkylation sites (tertiary alicyclic amines) is 1. The number of nitrogens with zero attached hydrogens (tertiary/aromatic N) is 3. The molecule has 2 heterocycles. The van der Waals surface area contributed by atoms with Gasteiger partial charge < -0.3 is 9.64 Å². The first-order valence-corrected chi connectivity index (χ1v) is 9.26. The Balaban J connectivity index is 2.13. The zero-order chi connectivity index (χ0) is 17.3. The Kier molecular flexibility index (Phi) is 4.93. The number of sulfone groups is 1. The van der Waals surface area contributed by atoms with Crippen molar-refractivity contribution >= 4 is 15.9 Å². The summed E-state index contributed by atoms with van der Waals surface area (Å²) in [5, 5.41) is -0.187. The molecule has 2 rings (SSSR count). The van der Waals surface area contributed by atoms with Gasteiger partial charge in [-0.2, -0.15) is 0 Å². The highest BCUT2D eigenvalue weighted by Gasteiger charge is 2.36. The van der Waals surface area contributed by atoms with Gasteiger partial charge in [0, 0.05) is 24.5 Å². The summed E-state index contributed by atoms with van der Waals surface area (Å²) in [6.07, 6.45) is 2.34. The molecule has 0 saturated carbocycles. The average molecular weight is 341 g/mol. The van der Waals surface area contributed by atoms with Gasteiger partial charge in [-0.1, -0.05) is 0 Å². The number of ether oxygens (including phenoxy) is 1. The van der Waals surface area contributed by atoms with Crippen LogP contribution in [0.3, 0.4) is 0 Å². The minimum atomic E-state index is -3.65. The van der Waals surface area contributed by atoms with Crippen LogP contribution in [0.2, 0.25) is 0 Å². The van der Waals surface area contributed by atoms with Crippen LogP contribution in [0.5, 0.6) is 0 Å². The molecule has 8 heteroatoms. The maximum atomic E-state index is 12.5. The van der Waals surface area contributed by atoms with E-state index in [9.17, 15) is 13.2 Å². The second kappa shape index (κ2) is 6.43. The number of carbonyl (C=O) groups is 1. The number of amides is 1. The largest absolute Gasteiger partial charge is 0.444 e. The van der Waals surface area contributed by atoms with Gasteiger partial charge in [0.2, 0.25) is 15.0 Å². The Hall–Kier alpha value is -1.70. The zero-order valence-electron chi connectivity index (χ0n) is 13.9. The molecule has 1 saturated heterocycles. The molecule has 0 N–H and O–H groups in total. The lowest BCUT2D eigenvalue weighted by Gasteiger charge is -2.28. The van der Waals surface area contributed by atoms with Gasteiger partial charge in [0.1, 0.15) is 5.60 Å². The van der Waals surface area contributed by atoms with Crippen LogP contribution in [0.25, 0.3) is 0 Å². The molecule has 0 unspecified atom stereocenters. The van der Waals surface area contributed by atoms with Crippen molar-refractivity contribution in [1.82, 2.24) is 14.9 Å². The van der Waals surface area contributed by atoms with Crippen molar-refractivity contribution in [3.05, 3.63) is 18.0 Å². The Bertz CT molecular complexity index is 682. The average Bonchev–Trinajstić information content (AvgIpc) is 2.84. The number of hydrogen-bond donors (Lipinski definition) is 0. The lowest BCUT2D eigenvalue weighted by molar-refractivity contribution is 0.0241. The van der Waals surface area contributed by atoms with Crippen molar-refractivity contribution < 1.29 is 17.9 Å². The van der Waals surface area contributed by atoms with Crippen LogP contribution in [0.15, 0.2) is 17.4 Å². The fourth-order valence-corrected chi connectivity index (χ4v) is 3.98. The number of aryl methyl sites for hydroxylation is 1. The summed E-state index contributed by atoms with van der Waals surface area (Å²) in [6.45, 7) is 7.57. The standard InChI is InChI=1S/C15H23N3O4S/c1-11-7-8-16-13(17-11)23(20,21)10-12-6-5-9-18(12)14(19)22-15(2,3)4/h7-8,12H,5-6,9-10H2,1-4H3/t12-/m1/s1. The summed E-state index contributed by atoms with van der Waals surface area (Å²) >= 11 is 0. The number of rotatable bonds is 3. The van der Waals surface area contributed by atoms with E-state index in [1.807, 2.05) is 0 Å². The summed E-state index contributed by atoms with van der Waals surface area (Å²) < 4.78 is 30.3. The predicted molar refractivity (Wildman–Crippen MR) is 84.8 cm³/mol. The van der Waals surface area contributed by atoms with Gasteiger partial charge in [0.05, 0.1) is 5.75 Å². The molecule has 1 atom stereocenters. The Morgan fingerprint density at radius 1 is 1.43 bits per heavy atom. The summed E-state index contributed by atoms with van der Waals surface area (Å²) in [7, 11) is -3.65. The summed E-state index contributed by atoms with van der Waals surface area (Å²) in [6, 6.07) is 1.24. The first-order chi connectivity index (χ1) is 10.6. The zero-order valence-corrected chi connectivity index (χ0v) is 14.8. The fourth-order valence-electron chi connectivity index (χ4n) is 2.47. The second-order valence-corrected chi connectivity index (χ2v) is 8.66. The van der Waals surface area contributed by atoms with Gasteiger partial charge in [-0.3, -0.25) is 0 Å². The van der Waals surface area contributed by atoms with E-state index in [1.54, 1.807) is 33.8 Å². The molecule has 7 nitrogen and oxygen atoms in total. The van der Waals surface area contributed by atoms with Gasteiger partial charge in [-0.25, -0.2) is 23.2 Å². The van der Waals surface area contributed by atoms with Gasteiger partial charge in [0.15, 0.2) is 0 Å². The lowest BCUT2D eigenvalue weighted by atomic mass is 10.2. The lowest BCUT2D eigenvalue weighted by Crippen LogP contribution is -2.42. The van der Waals surface area contributed by atoms with Crippen LogP contribution in [0.1, 0.15) is 39.3 Å². The molecule has 1 aromatic heterocycles. The molecule has 0 aliphatic carbocycles. The maximum absolute atomic E-state index is 12.5. The first kappa shape index (κ1) is 17.7. The molecule has 0 radical (unpaired) electrons. The minimum Gasteiger partial charge on any atom is -0.444 e. The normalized spacial score (nSPS) is 19.0. The van der Waals surface area contributed by atoms with Crippen LogP contribution < -0.4 is 0 Å². The maximum Gasteiger partial charge on any atom is 0.410 e. The van der Waals surface area contributed by atoms with Crippen molar-refractivity contribution in [1.29, 1.82) is 0 Å². The summed E-state index contributed by atoms with van der Waals surface area (Å²) in [5.74, 6) is -0.185. The number of hydrogen-bond acceptors (Lipinski definition) is 6. The number of aromatic nitrogens is 2.